The SMILES string of the molecule is Cc1ccc(Sc2ccc(=O)[nH]n2)cc1. The number of nitrogens with zero attached hydrogens (tertiary/aromatic N) is 1. The third-order valence-corrected chi connectivity index (χ3v) is 2.84. The maximum absolute atomic E-state index is 10.8. The highest BCUT2D eigenvalue weighted by Gasteiger charge is 1.98. The Morgan fingerprint density at radius 1 is 1.13 bits per heavy atom. The molecular weight excluding hydrogens is 208 g/mol. The lowest BCUT2D eigenvalue weighted by Crippen LogP contribution is -2.04. The van der Waals surface area contributed by atoms with E-state index in [0.29, 0.717) is 0 Å². The van der Waals surface area contributed by atoms with Crippen LogP contribution >= 0.6 is 11.8 Å². The van der Waals surface area contributed by atoms with Crippen LogP contribution in [0, 0.1) is 6.92 Å². The van der Waals surface area contributed by atoms with Crippen molar-refractivity contribution in [3.8, 4) is 0 Å². The third kappa shape index (κ3) is 2.70. The molecule has 1 aromatic carbocycles. The summed E-state index contributed by atoms with van der Waals surface area (Å²) in [6.45, 7) is 2.05. The van der Waals surface area contributed by atoms with E-state index >= 15 is 0 Å². The highest BCUT2D eigenvalue weighted by molar-refractivity contribution is 7.99. The summed E-state index contributed by atoms with van der Waals surface area (Å²) in [5.74, 6) is 0. The number of hydrogen-bond acceptors (Lipinski definition) is 3. The average Bonchev–Trinajstić information content (AvgIpc) is 2.25. The molecule has 3 nitrogen and oxygen atoms in total. The highest BCUT2D eigenvalue weighted by atomic mass is 32.2. The number of benzene rings is 1. The summed E-state index contributed by atoms with van der Waals surface area (Å²) in [6, 6.07) is 11.4. The molecule has 0 unspecified atom stereocenters. The zero-order chi connectivity index (χ0) is 10.7. The van der Waals surface area contributed by atoms with Gasteiger partial charge in [-0.15, -0.1) is 0 Å². The molecule has 76 valence electrons. The van der Waals surface area contributed by atoms with Gasteiger partial charge in [0, 0.05) is 11.0 Å². The van der Waals surface area contributed by atoms with Gasteiger partial charge in [-0.2, -0.15) is 5.10 Å². The van der Waals surface area contributed by atoms with E-state index in [9.17, 15) is 4.79 Å². The maximum Gasteiger partial charge on any atom is 0.264 e. The number of H-pyrrole nitrogens is 1. The Bertz CT molecular complexity index is 484. The molecule has 0 radical (unpaired) electrons. The molecule has 0 aliphatic heterocycles. The lowest BCUT2D eigenvalue weighted by Gasteiger charge is -1.99. The molecule has 15 heavy (non-hydrogen) atoms. The van der Waals surface area contributed by atoms with Gasteiger partial charge in [-0.25, -0.2) is 5.10 Å². The minimum Gasteiger partial charge on any atom is -0.268 e. The average molecular weight is 218 g/mol. The molecule has 0 atom stereocenters. The van der Waals surface area contributed by atoms with Crippen molar-refractivity contribution in [3.05, 3.63) is 52.3 Å². The van der Waals surface area contributed by atoms with Crippen LogP contribution in [0.4, 0.5) is 0 Å². The Hall–Kier alpha value is -1.55. The monoisotopic (exact) mass is 218 g/mol. The van der Waals surface area contributed by atoms with Crippen LogP contribution in [0.25, 0.3) is 0 Å². The molecule has 1 N–H and O–H groups in total. The van der Waals surface area contributed by atoms with Gasteiger partial charge < -0.3 is 0 Å². The summed E-state index contributed by atoms with van der Waals surface area (Å²) >= 11 is 1.52. The van der Waals surface area contributed by atoms with Gasteiger partial charge in [0.25, 0.3) is 5.56 Å². The highest BCUT2D eigenvalue weighted by Crippen LogP contribution is 2.24. The summed E-state index contributed by atoms with van der Waals surface area (Å²) in [7, 11) is 0. The first-order valence-electron chi connectivity index (χ1n) is 4.54. The minimum absolute atomic E-state index is 0.178. The fourth-order valence-corrected chi connectivity index (χ4v) is 1.86. The maximum atomic E-state index is 10.8. The Morgan fingerprint density at radius 3 is 2.47 bits per heavy atom. The molecule has 0 saturated carbocycles. The number of aryl methyl sites for hydroxylation is 1. The van der Waals surface area contributed by atoms with E-state index in [1.165, 1.54) is 23.4 Å². The number of rotatable bonds is 2. The molecule has 4 heteroatoms. The van der Waals surface area contributed by atoms with E-state index in [2.05, 4.69) is 10.2 Å². The van der Waals surface area contributed by atoms with Gasteiger partial charge >= 0.3 is 0 Å². The minimum atomic E-state index is -0.178. The standard InChI is InChI=1S/C11H10N2OS/c1-8-2-4-9(5-3-8)15-11-7-6-10(14)12-13-11/h2-7H,1H3,(H,12,14). The second-order valence-electron chi connectivity index (χ2n) is 3.17. The van der Waals surface area contributed by atoms with Gasteiger partial charge in [0.1, 0.15) is 5.03 Å². The van der Waals surface area contributed by atoms with Crippen LogP contribution in [0.2, 0.25) is 0 Å². The van der Waals surface area contributed by atoms with Gasteiger partial charge in [0.2, 0.25) is 0 Å². The van der Waals surface area contributed by atoms with Crippen LogP contribution in [-0.2, 0) is 0 Å². The summed E-state index contributed by atoms with van der Waals surface area (Å²) in [4.78, 5) is 11.9. The molecule has 0 saturated heterocycles. The normalized spacial score (nSPS) is 10.2. The van der Waals surface area contributed by atoms with Gasteiger partial charge in [0.15, 0.2) is 0 Å². The first-order valence-corrected chi connectivity index (χ1v) is 5.36. The molecule has 0 aliphatic carbocycles. The topological polar surface area (TPSA) is 45.8 Å². The lowest BCUT2D eigenvalue weighted by atomic mass is 10.2. The quantitative estimate of drug-likeness (QED) is 0.840. The summed E-state index contributed by atoms with van der Waals surface area (Å²) < 4.78 is 0. The largest absolute Gasteiger partial charge is 0.268 e. The molecule has 2 aromatic rings. The molecule has 0 aliphatic rings. The predicted octanol–water partition coefficient (Wildman–Crippen LogP) is 2.23. The fourth-order valence-electron chi connectivity index (χ4n) is 1.12. The van der Waals surface area contributed by atoms with Crippen LogP contribution in [-0.4, -0.2) is 10.2 Å². The van der Waals surface area contributed by atoms with Crippen molar-refractivity contribution in [2.24, 2.45) is 0 Å². The van der Waals surface area contributed by atoms with Gasteiger partial charge in [0.05, 0.1) is 0 Å². The van der Waals surface area contributed by atoms with Gasteiger partial charge in [-0.05, 0) is 25.1 Å². The van der Waals surface area contributed by atoms with Crippen molar-refractivity contribution in [1.29, 1.82) is 0 Å². The molecule has 0 amide bonds. The molecule has 2 rings (SSSR count). The lowest BCUT2D eigenvalue weighted by molar-refractivity contribution is 0.899. The smallest absolute Gasteiger partial charge is 0.264 e. The van der Waals surface area contributed by atoms with Gasteiger partial charge in [-0.1, -0.05) is 29.5 Å². The zero-order valence-electron chi connectivity index (χ0n) is 8.23. The first kappa shape index (κ1) is 9.98. The second-order valence-corrected chi connectivity index (χ2v) is 4.27. The summed E-state index contributed by atoms with van der Waals surface area (Å²) in [5.41, 5.74) is 1.05. The Balaban J connectivity index is 2.18. The van der Waals surface area contributed by atoms with Crippen molar-refractivity contribution in [2.75, 3.05) is 0 Å². The molecule has 1 heterocycles. The van der Waals surface area contributed by atoms with Crippen LogP contribution in [0.1, 0.15) is 5.56 Å². The molecule has 0 spiro atoms. The Morgan fingerprint density at radius 2 is 1.87 bits per heavy atom. The van der Waals surface area contributed by atoms with Crippen LogP contribution in [0.15, 0.2) is 51.1 Å². The Labute approximate surface area is 91.5 Å². The predicted molar refractivity (Wildman–Crippen MR) is 60.2 cm³/mol. The van der Waals surface area contributed by atoms with E-state index in [-0.39, 0.29) is 5.56 Å². The summed E-state index contributed by atoms with van der Waals surface area (Å²) in [6.07, 6.45) is 0. The molecule has 1 aromatic heterocycles. The van der Waals surface area contributed by atoms with Crippen LogP contribution in [0.5, 0.6) is 0 Å². The number of aromatic nitrogens is 2. The fraction of sp³-hybridized carbons (Fsp3) is 0.0909. The van der Waals surface area contributed by atoms with E-state index in [4.69, 9.17) is 0 Å². The van der Waals surface area contributed by atoms with Gasteiger partial charge in [-0.3, -0.25) is 4.79 Å². The van der Waals surface area contributed by atoms with E-state index < -0.39 is 0 Å². The Kier molecular flexibility index (Phi) is 2.87. The van der Waals surface area contributed by atoms with Crippen molar-refractivity contribution in [2.45, 2.75) is 16.8 Å². The third-order valence-electron chi connectivity index (χ3n) is 1.90. The first-order chi connectivity index (χ1) is 7.24. The second kappa shape index (κ2) is 4.31. The van der Waals surface area contributed by atoms with Crippen molar-refractivity contribution < 1.29 is 0 Å². The zero-order valence-corrected chi connectivity index (χ0v) is 9.04. The molecule has 0 fully saturated rings. The van der Waals surface area contributed by atoms with Crippen LogP contribution in [0.3, 0.4) is 0 Å². The number of nitrogens with one attached hydrogen (secondary N) is 1. The van der Waals surface area contributed by atoms with E-state index in [1.807, 2.05) is 31.2 Å². The number of hydrogen-bond donors (Lipinski definition) is 1. The summed E-state index contributed by atoms with van der Waals surface area (Å²) in [5, 5.41) is 7.12. The van der Waals surface area contributed by atoms with Crippen molar-refractivity contribution in [3.63, 3.8) is 0 Å². The van der Waals surface area contributed by atoms with E-state index in [1.54, 1.807) is 6.07 Å². The van der Waals surface area contributed by atoms with Crippen LogP contribution < -0.4 is 5.56 Å². The van der Waals surface area contributed by atoms with Crippen molar-refractivity contribution in [1.82, 2.24) is 10.2 Å². The molecular formula is C11H10N2OS. The van der Waals surface area contributed by atoms with E-state index in [0.717, 1.165) is 9.92 Å². The molecule has 0 bridgehead atoms. The van der Waals surface area contributed by atoms with Crippen molar-refractivity contribution >= 4 is 11.8 Å². The number of aromatic amines is 1.